The van der Waals surface area contributed by atoms with Crippen LogP contribution >= 0.6 is 0 Å². The molecule has 1 unspecified atom stereocenters. The van der Waals surface area contributed by atoms with Gasteiger partial charge in [0.1, 0.15) is 0 Å². The molecule has 0 spiro atoms. The first kappa shape index (κ1) is 20.0. The molecule has 0 rings (SSSR count). The maximum atomic E-state index is 9.37. The zero-order chi connectivity index (χ0) is 14.9. The van der Waals surface area contributed by atoms with Gasteiger partial charge in [0.15, 0.2) is 0 Å². The van der Waals surface area contributed by atoms with Crippen LogP contribution in [-0.2, 0) is 0 Å². The van der Waals surface area contributed by atoms with Gasteiger partial charge in [-0.05, 0) is 18.8 Å². The van der Waals surface area contributed by atoms with Crippen LogP contribution in [0.1, 0.15) is 110 Å². The molecule has 20 heavy (non-hydrogen) atoms. The maximum Gasteiger partial charge on any atom is 0.0459 e. The predicted octanol–water partition coefficient (Wildman–Crippen LogP) is 6.49. The van der Waals surface area contributed by atoms with E-state index in [9.17, 15) is 5.11 Å². The molecule has 1 heteroatoms. The SMILES string of the molecule is CCCCCCCCCCCCC(CO)CCCCC. The van der Waals surface area contributed by atoms with Crippen LogP contribution in [-0.4, -0.2) is 11.7 Å². The van der Waals surface area contributed by atoms with Gasteiger partial charge < -0.3 is 5.11 Å². The van der Waals surface area contributed by atoms with Gasteiger partial charge in [-0.3, -0.25) is 0 Å². The third kappa shape index (κ3) is 14.4. The van der Waals surface area contributed by atoms with E-state index in [1.54, 1.807) is 0 Å². The third-order valence-electron chi connectivity index (χ3n) is 4.44. The number of aliphatic hydroxyl groups excluding tert-OH is 1. The van der Waals surface area contributed by atoms with Crippen LogP contribution in [0.3, 0.4) is 0 Å². The molecule has 0 saturated heterocycles. The summed E-state index contributed by atoms with van der Waals surface area (Å²) in [6.07, 6.45) is 20.5. The van der Waals surface area contributed by atoms with Crippen molar-refractivity contribution in [1.29, 1.82) is 0 Å². The summed E-state index contributed by atoms with van der Waals surface area (Å²) in [6, 6.07) is 0. The van der Waals surface area contributed by atoms with Crippen LogP contribution in [0.25, 0.3) is 0 Å². The zero-order valence-electron chi connectivity index (χ0n) is 14.3. The van der Waals surface area contributed by atoms with Crippen LogP contribution in [0.4, 0.5) is 0 Å². The Morgan fingerprint density at radius 3 is 1.35 bits per heavy atom. The first-order valence-electron chi connectivity index (χ1n) is 9.46. The summed E-state index contributed by atoms with van der Waals surface area (Å²) in [5, 5.41) is 9.37. The number of aliphatic hydroxyl groups is 1. The molecule has 122 valence electrons. The number of hydrogen-bond acceptors (Lipinski definition) is 1. The molecule has 1 nitrogen and oxygen atoms in total. The molecule has 0 heterocycles. The molecule has 0 aliphatic heterocycles. The molecule has 1 N–H and O–H groups in total. The van der Waals surface area contributed by atoms with Gasteiger partial charge in [-0.1, -0.05) is 97.3 Å². The Bertz CT molecular complexity index is 167. The highest BCUT2D eigenvalue weighted by Gasteiger charge is 2.06. The summed E-state index contributed by atoms with van der Waals surface area (Å²) >= 11 is 0. The van der Waals surface area contributed by atoms with Crippen LogP contribution in [0, 0.1) is 5.92 Å². The van der Waals surface area contributed by atoms with Crippen LogP contribution < -0.4 is 0 Å². The third-order valence-corrected chi connectivity index (χ3v) is 4.44. The molecule has 0 fully saturated rings. The highest BCUT2D eigenvalue weighted by Crippen LogP contribution is 2.18. The van der Waals surface area contributed by atoms with Crippen molar-refractivity contribution in [2.45, 2.75) is 110 Å². The van der Waals surface area contributed by atoms with Crippen molar-refractivity contribution < 1.29 is 5.11 Å². The smallest absolute Gasteiger partial charge is 0.0459 e. The Kier molecular flexibility index (Phi) is 17.0. The summed E-state index contributed by atoms with van der Waals surface area (Å²) in [7, 11) is 0. The largest absolute Gasteiger partial charge is 0.396 e. The Balaban J connectivity index is 3.20. The molecule has 0 saturated carbocycles. The Labute approximate surface area is 128 Å². The monoisotopic (exact) mass is 284 g/mol. The van der Waals surface area contributed by atoms with Crippen molar-refractivity contribution in [2.75, 3.05) is 6.61 Å². The van der Waals surface area contributed by atoms with Crippen molar-refractivity contribution in [1.82, 2.24) is 0 Å². The summed E-state index contributed by atoms with van der Waals surface area (Å²) < 4.78 is 0. The van der Waals surface area contributed by atoms with E-state index in [4.69, 9.17) is 0 Å². The van der Waals surface area contributed by atoms with Gasteiger partial charge in [-0.15, -0.1) is 0 Å². The fourth-order valence-corrected chi connectivity index (χ4v) is 2.93. The lowest BCUT2D eigenvalue weighted by Gasteiger charge is -2.13. The van der Waals surface area contributed by atoms with Gasteiger partial charge in [0.05, 0.1) is 0 Å². The summed E-state index contributed by atoms with van der Waals surface area (Å²) in [6.45, 7) is 4.93. The van der Waals surface area contributed by atoms with Gasteiger partial charge in [-0.25, -0.2) is 0 Å². The van der Waals surface area contributed by atoms with Gasteiger partial charge >= 0.3 is 0 Å². The van der Waals surface area contributed by atoms with E-state index in [-0.39, 0.29) is 0 Å². The summed E-state index contributed by atoms with van der Waals surface area (Å²) in [4.78, 5) is 0. The Hall–Kier alpha value is -0.0400. The van der Waals surface area contributed by atoms with E-state index in [1.807, 2.05) is 0 Å². The molecule has 0 radical (unpaired) electrons. The van der Waals surface area contributed by atoms with Gasteiger partial charge in [0.25, 0.3) is 0 Å². The van der Waals surface area contributed by atoms with Crippen molar-refractivity contribution >= 4 is 0 Å². The quantitative estimate of drug-likeness (QED) is 0.321. The number of unbranched alkanes of at least 4 members (excludes halogenated alkanes) is 11. The fraction of sp³-hybridized carbons (Fsp3) is 1.00. The summed E-state index contributed by atoms with van der Waals surface area (Å²) in [5.41, 5.74) is 0. The standard InChI is InChI=1S/C19H40O/c1-3-5-7-8-9-10-11-12-13-15-17-19(18-20)16-14-6-4-2/h19-20H,3-18H2,1-2H3. The lowest BCUT2D eigenvalue weighted by molar-refractivity contribution is 0.204. The Morgan fingerprint density at radius 2 is 0.900 bits per heavy atom. The van der Waals surface area contributed by atoms with E-state index >= 15 is 0 Å². The van der Waals surface area contributed by atoms with E-state index in [2.05, 4.69) is 13.8 Å². The van der Waals surface area contributed by atoms with E-state index < -0.39 is 0 Å². The molecule has 0 amide bonds. The number of rotatable bonds is 16. The van der Waals surface area contributed by atoms with E-state index in [0.29, 0.717) is 12.5 Å². The second-order valence-corrected chi connectivity index (χ2v) is 6.52. The molecular weight excluding hydrogens is 244 g/mol. The average molecular weight is 285 g/mol. The Morgan fingerprint density at radius 1 is 0.550 bits per heavy atom. The lowest BCUT2D eigenvalue weighted by Crippen LogP contribution is -2.05. The van der Waals surface area contributed by atoms with Crippen LogP contribution in [0.2, 0.25) is 0 Å². The van der Waals surface area contributed by atoms with Crippen molar-refractivity contribution in [3.8, 4) is 0 Å². The minimum atomic E-state index is 0.404. The normalized spacial score (nSPS) is 12.8. The fourth-order valence-electron chi connectivity index (χ4n) is 2.93. The molecule has 0 aromatic carbocycles. The van der Waals surface area contributed by atoms with Gasteiger partial charge in [0, 0.05) is 6.61 Å². The van der Waals surface area contributed by atoms with Gasteiger partial charge in [-0.2, -0.15) is 0 Å². The second-order valence-electron chi connectivity index (χ2n) is 6.52. The van der Waals surface area contributed by atoms with Gasteiger partial charge in [0.2, 0.25) is 0 Å². The molecule has 0 aliphatic carbocycles. The first-order valence-corrected chi connectivity index (χ1v) is 9.46. The molecule has 0 aromatic rings. The highest BCUT2D eigenvalue weighted by atomic mass is 16.3. The summed E-state index contributed by atoms with van der Waals surface area (Å²) in [5.74, 6) is 0.579. The zero-order valence-corrected chi connectivity index (χ0v) is 14.3. The van der Waals surface area contributed by atoms with Crippen molar-refractivity contribution in [3.63, 3.8) is 0 Å². The van der Waals surface area contributed by atoms with E-state index in [0.717, 1.165) is 0 Å². The highest BCUT2D eigenvalue weighted by molar-refractivity contribution is 4.59. The number of hydrogen-bond donors (Lipinski definition) is 1. The first-order chi connectivity index (χ1) is 9.85. The maximum absolute atomic E-state index is 9.37. The molecule has 0 aromatic heterocycles. The van der Waals surface area contributed by atoms with Crippen LogP contribution in [0.5, 0.6) is 0 Å². The molecule has 0 aliphatic rings. The lowest BCUT2D eigenvalue weighted by atomic mass is 9.95. The van der Waals surface area contributed by atoms with Crippen molar-refractivity contribution in [2.24, 2.45) is 5.92 Å². The topological polar surface area (TPSA) is 20.2 Å². The predicted molar refractivity (Wildman–Crippen MR) is 91.2 cm³/mol. The van der Waals surface area contributed by atoms with Crippen molar-refractivity contribution in [3.05, 3.63) is 0 Å². The van der Waals surface area contributed by atoms with E-state index in [1.165, 1.54) is 96.3 Å². The minimum absolute atomic E-state index is 0.404. The average Bonchev–Trinajstić information content (AvgIpc) is 2.47. The minimum Gasteiger partial charge on any atom is -0.396 e. The molecule has 1 atom stereocenters. The molecule has 0 bridgehead atoms. The molecular formula is C19H40O. The second kappa shape index (κ2) is 17.0. The van der Waals surface area contributed by atoms with Crippen LogP contribution in [0.15, 0.2) is 0 Å².